The predicted molar refractivity (Wildman–Crippen MR) is 142 cm³/mol. The van der Waals surface area contributed by atoms with E-state index in [0.29, 0.717) is 17.6 Å². The van der Waals surface area contributed by atoms with Crippen molar-refractivity contribution >= 4 is 29.4 Å². The molecule has 0 aliphatic rings. The Hall–Kier alpha value is -3.98. The van der Waals surface area contributed by atoms with Crippen molar-refractivity contribution in [2.45, 2.75) is 46.1 Å². The number of Topliss-reactive ketones (excluding diaryl/α,β-unsaturated/α-hetero) is 1. The van der Waals surface area contributed by atoms with E-state index in [2.05, 4.69) is 17.2 Å². The van der Waals surface area contributed by atoms with Crippen LogP contribution in [0.4, 0.5) is 0 Å². The highest BCUT2D eigenvalue weighted by molar-refractivity contribution is 6.24. The maximum atomic E-state index is 12.5. The van der Waals surface area contributed by atoms with E-state index in [-0.39, 0.29) is 17.8 Å². The van der Waals surface area contributed by atoms with Crippen LogP contribution < -0.4 is 16.8 Å². The van der Waals surface area contributed by atoms with Gasteiger partial charge in [-0.15, -0.1) is 0 Å². The van der Waals surface area contributed by atoms with Crippen molar-refractivity contribution in [3.05, 3.63) is 64.7 Å². The predicted octanol–water partition coefficient (Wildman–Crippen LogP) is 2.73. The molecule has 0 aliphatic heterocycles. The van der Waals surface area contributed by atoms with Gasteiger partial charge in [0.2, 0.25) is 5.91 Å². The van der Waals surface area contributed by atoms with Gasteiger partial charge in [0.25, 0.3) is 5.91 Å². The number of phenolic OH excluding ortho intramolecular Hbond substituents is 2. The van der Waals surface area contributed by atoms with E-state index in [1.807, 2.05) is 6.92 Å². The Kier molecular flexibility index (Phi) is 12.6. The molecule has 0 aromatic heterocycles. The third-order valence-electron chi connectivity index (χ3n) is 5.21. The number of carbonyl (C=O) groups excluding carboxylic acids is 3. The smallest absolute Gasteiger partial charge is 0.259 e. The largest absolute Gasteiger partial charge is 0.507 e. The molecule has 2 aromatic rings. The lowest BCUT2D eigenvalue weighted by atomic mass is 9.94. The molecular weight excluding hydrogens is 460 g/mol. The number of hydrogen-bond acceptors (Lipinski definition) is 7. The van der Waals surface area contributed by atoms with Crippen LogP contribution >= 0.6 is 0 Å². The Bertz CT molecular complexity index is 1090. The molecule has 2 rings (SSSR count). The van der Waals surface area contributed by atoms with Gasteiger partial charge in [0.05, 0.1) is 0 Å². The van der Waals surface area contributed by atoms with E-state index in [1.165, 1.54) is 25.1 Å². The van der Waals surface area contributed by atoms with Gasteiger partial charge in [-0.1, -0.05) is 44.2 Å². The lowest BCUT2D eigenvalue weighted by molar-refractivity contribution is -0.119. The van der Waals surface area contributed by atoms with Crippen LogP contribution in [0.25, 0.3) is 5.57 Å². The number of allylic oxidation sites excluding steroid dienone is 2. The fourth-order valence-electron chi connectivity index (χ4n) is 3.36. The highest BCUT2D eigenvalue weighted by atomic mass is 16.3. The van der Waals surface area contributed by atoms with E-state index < -0.39 is 29.4 Å². The van der Waals surface area contributed by atoms with Crippen molar-refractivity contribution in [2.75, 3.05) is 13.6 Å². The zero-order chi connectivity index (χ0) is 27.3. The number of nitrogens with zero attached hydrogens (tertiary/aromatic N) is 1. The molecule has 2 amide bonds. The van der Waals surface area contributed by atoms with E-state index in [0.717, 1.165) is 24.1 Å². The highest BCUT2D eigenvalue weighted by Crippen LogP contribution is 2.26. The molecule has 0 unspecified atom stereocenters. The molecule has 0 spiro atoms. The molecule has 0 heterocycles. The summed E-state index contributed by atoms with van der Waals surface area (Å²) in [6, 6.07) is 9.83. The maximum absolute atomic E-state index is 12.5. The monoisotopic (exact) mass is 496 g/mol. The van der Waals surface area contributed by atoms with Gasteiger partial charge < -0.3 is 27.0 Å². The lowest BCUT2D eigenvalue weighted by Crippen LogP contribution is -2.45. The summed E-state index contributed by atoms with van der Waals surface area (Å²) in [6.45, 7) is 6.31. The number of aromatic hydroxyl groups is 2. The second-order valence-corrected chi connectivity index (χ2v) is 7.99. The Morgan fingerprint density at radius 3 is 2.03 bits per heavy atom. The van der Waals surface area contributed by atoms with E-state index in [1.54, 1.807) is 37.5 Å². The molecule has 9 nitrogen and oxygen atoms in total. The van der Waals surface area contributed by atoms with Gasteiger partial charge in [-0.2, -0.15) is 0 Å². The fourth-order valence-corrected chi connectivity index (χ4v) is 3.36. The van der Waals surface area contributed by atoms with Crippen molar-refractivity contribution in [1.29, 1.82) is 0 Å². The zero-order valence-corrected chi connectivity index (χ0v) is 21.2. The number of hydrogen-bond donors (Lipinski definition) is 5. The van der Waals surface area contributed by atoms with Crippen LogP contribution in [0.15, 0.2) is 53.0 Å². The number of aliphatic imine (C=N–C) groups is 1. The lowest BCUT2D eigenvalue weighted by Gasteiger charge is -2.17. The molecule has 36 heavy (non-hydrogen) atoms. The second kappa shape index (κ2) is 15.1. The minimum atomic E-state index is -1.08. The summed E-state index contributed by atoms with van der Waals surface area (Å²) in [4.78, 5) is 40.6. The summed E-state index contributed by atoms with van der Waals surface area (Å²) in [7, 11) is 1.64. The second-order valence-electron chi connectivity index (χ2n) is 7.99. The number of ketones is 1. The normalized spacial score (nSPS) is 12.2. The summed E-state index contributed by atoms with van der Waals surface area (Å²) in [6.07, 6.45) is 3.49. The van der Waals surface area contributed by atoms with Crippen molar-refractivity contribution in [1.82, 2.24) is 5.32 Å². The Balaban J connectivity index is 0.00000150. The molecule has 7 N–H and O–H groups in total. The molecule has 0 aliphatic carbocycles. The number of carbonyl (C=O) groups is 3. The molecule has 9 heteroatoms. The molecule has 0 bridgehead atoms. The van der Waals surface area contributed by atoms with Crippen LogP contribution in [0.2, 0.25) is 0 Å². The van der Waals surface area contributed by atoms with Gasteiger partial charge in [-0.3, -0.25) is 19.4 Å². The van der Waals surface area contributed by atoms with Gasteiger partial charge in [0.15, 0.2) is 5.78 Å². The van der Waals surface area contributed by atoms with Crippen molar-refractivity contribution in [3.8, 4) is 11.5 Å². The van der Waals surface area contributed by atoms with Crippen molar-refractivity contribution in [2.24, 2.45) is 16.5 Å². The van der Waals surface area contributed by atoms with Gasteiger partial charge in [0.1, 0.15) is 23.1 Å². The first kappa shape index (κ1) is 30.1. The molecule has 1 atom stereocenters. The van der Waals surface area contributed by atoms with Crippen molar-refractivity contribution in [3.63, 3.8) is 0 Å². The molecular formula is C27H36N4O5. The van der Waals surface area contributed by atoms with Crippen LogP contribution in [0.3, 0.4) is 0 Å². The Morgan fingerprint density at radius 1 is 1.06 bits per heavy atom. The Morgan fingerprint density at radius 2 is 1.61 bits per heavy atom. The zero-order valence-electron chi connectivity index (χ0n) is 21.2. The number of phenols is 2. The average Bonchev–Trinajstić information content (AvgIpc) is 2.84. The molecule has 0 saturated heterocycles. The summed E-state index contributed by atoms with van der Waals surface area (Å²) in [5.41, 5.74) is 12.9. The number of nitrogens with two attached hydrogens (primary N) is 2. The summed E-state index contributed by atoms with van der Waals surface area (Å²) in [5.74, 6) is -2.51. The number of benzene rings is 2. The number of nitrogens with one attached hydrogen (secondary N) is 1. The molecule has 0 saturated carbocycles. The van der Waals surface area contributed by atoms with E-state index >= 15 is 0 Å². The van der Waals surface area contributed by atoms with Crippen LogP contribution in [-0.2, 0) is 16.0 Å². The minimum absolute atomic E-state index is 0.0840. The highest BCUT2D eigenvalue weighted by Gasteiger charge is 2.23. The molecule has 0 radical (unpaired) electrons. The number of rotatable bonds is 10. The molecule has 194 valence electrons. The third kappa shape index (κ3) is 8.66. The summed E-state index contributed by atoms with van der Waals surface area (Å²) in [5, 5.41) is 22.2. The standard InChI is InChI=1S/C24H27N3O5.C3H9N/c1-4-16(13-26-3)21(14(2)28)17-10-8-15(9-11-17)12-18(23(25)31)27-24(32)22-19(29)6-5-7-20(22)30;1-2-3-4/h5-11,13,18,29-30H,4,12H2,1-3H3,(H2,25,31)(H,27,32);2-4H2,1H3/b21-16+,26-13?;/t18-;/m0./s1. The van der Waals surface area contributed by atoms with Gasteiger partial charge in [-0.05, 0) is 55.1 Å². The number of amides is 2. The average molecular weight is 497 g/mol. The quantitative estimate of drug-likeness (QED) is 0.250. The molecule has 0 fully saturated rings. The van der Waals surface area contributed by atoms with Gasteiger partial charge in [-0.25, -0.2) is 0 Å². The van der Waals surface area contributed by atoms with Crippen LogP contribution in [0, 0.1) is 0 Å². The van der Waals surface area contributed by atoms with Crippen molar-refractivity contribution < 1.29 is 24.6 Å². The van der Waals surface area contributed by atoms with Crippen LogP contribution in [-0.4, -0.2) is 53.7 Å². The first-order valence-electron chi connectivity index (χ1n) is 11.7. The third-order valence-corrected chi connectivity index (χ3v) is 5.21. The van der Waals surface area contributed by atoms with Crippen LogP contribution in [0.1, 0.15) is 55.1 Å². The fraction of sp³-hybridized carbons (Fsp3) is 0.333. The topological polar surface area (TPSA) is 168 Å². The van der Waals surface area contributed by atoms with E-state index in [4.69, 9.17) is 11.5 Å². The first-order chi connectivity index (χ1) is 17.1. The SMILES string of the molecule is CC/C(C=NC)=C(/C(C)=O)c1ccc(C[C@H](NC(=O)c2c(O)cccc2O)C(N)=O)cc1.CCCN. The molecule has 2 aromatic carbocycles. The maximum Gasteiger partial charge on any atom is 0.259 e. The van der Waals surface area contributed by atoms with Gasteiger partial charge in [0, 0.05) is 25.3 Å². The van der Waals surface area contributed by atoms with Crippen LogP contribution in [0.5, 0.6) is 11.5 Å². The van der Waals surface area contributed by atoms with E-state index in [9.17, 15) is 24.6 Å². The van der Waals surface area contributed by atoms with Gasteiger partial charge >= 0.3 is 0 Å². The summed E-state index contributed by atoms with van der Waals surface area (Å²) < 4.78 is 0. The summed E-state index contributed by atoms with van der Waals surface area (Å²) >= 11 is 0. The first-order valence-corrected chi connectivity index (χ1v) is 11.7. The number of primary amides is 1. The minimum Gasteiger partial charge on any atom is -0.507 e. The Labute approximate surface area is 211 Å².